The van der Waals surface area contributed by atoms with Crippen LogP contribution in [0.4, 0.5) is 0 Å². The van der Waals surface area contributed by atoms with E-state index in [9.17, 15) is 4.79 Å². The minimum absolute atomic E-state index is 0.00804. The number of carbonyl (C=O) groups excluding carboxylic acids is 1. The molecule has 0 unspecified atom stereocenters. The van der Waals surface area contributed by atoms with E-state index in [4.69, 9.17) is 0 Å². The standard InChI is InChI=1S/C14H16N2OS/c1-10-5-11(2)7-12(6-10)14(17)16-4-3-13-8-15-9-18-13/h5-9H,3-4H2,1-2H3,(H,16,17). The first kappa shape index (κ1) is 12.8. The van der Waals surface area contributed by atoms with Crippen LogP contribution in [0.25, 0.3) is 0 Å². The fraction of sp³-hybridized carbons (Fsp3) is 0.286. The van der Waals surface area contributed by atoms with Gasteiger partial charge in [-0.05, 0) is 26.0 Å². The quantitative estimate of drug-likeness (QED) is 0.918. The number of hydrogen-bond acceptors (Lipinski definition) is 3. The topological polar surface area (TPSA) is 42.0 Å². The second-order valence-electron chi connectivity index (χ2n) is 4.35. The molecule has 1 amide bonds. The average Bonchev–Trinajstić information content (AvgIpc) is 2.80. The van der Waals surface area contributed by atoms with E-state index in [2.05, 4.69) is 16.4 Å². The van der Waals surface area contributed by atoms with E-state index in [-0.39, 0.29) is 5.91 Å². The zero-order valence-corrected chi connectivity index (χ0v) is 11.4. The van der Waals surface area contributed by atoms with Gasteiger partial charge in [-0.1, -0.05) is 17.2 Å². The van der Waals surface area contributed by atoms with Crippen LogP contribution in [0, 0.1) is 13.8 Å². The number of carbonyl (C=O) groups is 1. The first-order chi connectivity index (χ1) is 8.65. The summed E-state index contributed by atoms with van der Waals surface area (Å²) in [6, 6.07) is 5.89. The van der Waals surface area contributed by atoms with Crippen molar-refractivity contribution in [2.45, 2.75) is 20.3 Å². The number of rotatable bonds is 4. The number of nitrogens with one attached hydrogen (secondary N) is 1. The normalized spacial score (nSPS) is 10.3. The van der Waals surface area contributed by atoms with E-state index >= 15 is 0 Å². The highest BCUT2D eigenvalue weighted by molar-refractivity contribution is 7.09. The summed E-state index contributed by atoms with van der Waals surface area (Å²) < 4.78 is 0. The lowest BCUT2D eigenvalue weighted by Crippen LogP contribution is -2.25. The smallest absolute Gasteiger partial charge is 0.251 e. The van der Waals surface area contributed by atoms with Crippen molar-refractivity contribution in [1.29, 1.82) is 0 Å². The maximum Gasteiger partial charge on any atom is 0.251 e. The Balaban J connectivity index is 1.91. The van der Waals surface area contributed by atoms with Crippen LogP contribution in [0.5, 0.6) is 0 Å². The molecule has 0 spiro atoms. The maximum absolute atomic E-state index is 12.0. The van der Waals surface area contributed by atoms with Gasteiger partial charge in [0.25, 0.3) is 5.91 Å². The third-order valence-corrected chi connectivity index (χ3v) is 3.46. The number of aryl methyl sites for hydroxylation is 2. The summed E-state index contributed by atoms with van der Waals surface area (Å²) in [6.07, 6.45) is 2.68. The summed E-state index contributed by atoms with van der Waals surface area (Å²) in [6.45, 7) is 4.65. The molecular weight excluding hydrogens is 244 g/mol. The lowest BCUT2D eigenvalue weighted by molar-refractivity contribution is 0.0954. The van der Waals surface area contributed by atoms with Crippen LogP contribution in [0.3, 0.4) is 0 Å². The summed E-state index contributed by atoms with van der Waals surface area (Å²) in [7, 11) is 0. The number of thiazole rings is 1. The lowest BCUT2D eigenvalue weighted by atomic mass is 10.1. The third-order valence-electron chi connectivity index (χ3n) is 2.62. The molecule has 0 saturated carbocycles. The van der Waals surface area contributed by atoms with Gasteiger partial charge in [0, 0.05) is 29.6 Å². The zero-order valence-electron chi connectivity index (χ0n) is 10.6. The maximum atomic E-state index is 12.0. The van der Waals surface area contributed by atoms with E-state index in [1.807, 2.05) is 32.2 Å². The molecule has 0 aliphatic rings. The van der Waals surface area contributed by atoms with Crippen LogP contribution >= 0.6 is 11.3 Å². The van der Waals surface area contributed by atoms with Gasteiger partial charge in [-0.3, -0.25) is 9.78 Å². The largest absolute Gasteiger partial charge is 0.352 e. The SMILES string of the molecule is Cc1cc(C)cc(C(=O)NCCc2cncs2)c1. The predicted molar refractivity (Wildman–Crippen MR) is 74.1 cm³/mol. The monoisotopic (exact) mass is 260 g/mol. The Labute approximate surface area is 111 Å². The lowest BCUT2D eigenvalue weighted by Gasteiger charge is -2.06. The molecule has 1 aromatic heterocycles. The van der Waals surface area contributed by atoms with Crippen LogP contribution in [0.15, 0.2) is 29.9 Å². The highest BCUT2D eigenvalue weighted by Gasteiger charge is 2.06. The van der Waals surface area contributed by atoms with E-state index in [1.165, 1.54) is 4.88 Å². The molecule has 0 fully saturated rings. The number of benzene rings is 1. The number of aromatic nitrogens is 1. The molecule has 3 nitrogen and oxygen atoms in total. The molecule has 94 valence electrons. The number of nitrogens with zero attached hydrogens (tertiary/aromatic N) is 1. The van der Waals surface area contributed by atoms with Crippen molar-refractivity contribution >= 4 is 17.2 Å². The van der Waals surface area contributed by atoms with Crippen LogP contribution in [-0.4, -0.2) is 17.4 Å². The molecule has 4 heteroatoms. The fourth-order valence-corrected chi connectivity index (χ4v) is 2.47. The van der Waals surface area contributed by atoms with Gasteiger partial charge >= 0.3 is 0 Å². The molecule has 0 radical (unpaired) electrons. The van der Waals surface area contributed by atoms with E-state index in [0.717, 1.165) is 23.1 Å². The van der Waals surface area contributed by atoms with Crippen LogP contribution in [-0.2, 0) is 6.42 Å². The molecule has 18 heavy (non-hydrogen) atoms. The van der Waals surface area contributed by atoms with Crippen molar-refractivity contribution in [2.75, 3.05) is 6.54 Å². The number of amides is 1. The summed E-state index contributed by atoms with van der Waals surface area (Å²) in [5.74, 6) is -0.00804. The van der Waals surface area contributed by atoms with Crippen molar-refractivity contribution in [3.8, 4) is 0 Å². The van der Waals surface area contributed by atoms with E-state index in [1.54, 1.807) is 16.8 Å². The van der Waals surface area contributed by atoms with Crippen molar-refractivity contribution in [3.63, 3.8) is 0 Å². The van der Waals surface area contributed by atoms with Crippen LogP contribution in [0.1, 0.15) is 26.4 Å². The molecule has 2 rings (SSSR count). The van der Waals surface area contributed by atoms with Gasteiger partial charge < -0.3 is 5.32 Å². The van der Waals surface area contributed by atoms with Gasteiger partial charge in [0.1, 0.15) is 0 Å². The summed E-state index contributed by atoms with van der Waals surface area (Å²) in [5.41, 5.74) is 4.77. The van der Waals surface area contributed by atoms with Gasteiger partial charge in [0.2, 0.25) is 0 Å². The number of hydrogen-bond donors (Lipinski definition) is 1. The average molecular weight is 260 g/mol. The van der Waals surface area contributed by atoms with Gasteiger partial charge in [0.15, 0.2) is 0 Å². The highest BCUT2D eigenvalue weighted by atomic mass is 32.1. The van der Waals surface area contributed by atoms with E-state index in [0.29, 0.717) is 6.54 Å². The first-order valence-electron chi connectivity index (χ1n) is 5.89. The molecule has 0 saturated heterocycles. The Hall–Kier alpha value is -1.68. The summed E-state index contributed by atoms with van der Waals surface area (Å²) >= 11 is 1.61. The first-order valence-corrected chi connectivity index (χ1v) is 6.77. The van der Waals surface area contributed by atoms with E-state index < -0.39 is 0 Å². The molecule has 0 aliphatic heterocycles. The molecular formula is C14H16N2OS. The molecule has 0 atom stereocenters. The molecule has 1 N–H and O–H groups in total. The molecule has 1 heterocycles. The van der Waals surface area contributed by atoms with Gasteiger partial charge in [-0.25, -0.2) is 0 Å². The second-order valence-corrected chi connectivity index (χ2v) is 5.32. The Bertz CT molecular complexity index is 514. The molecule has 0 bridgehead atoms. The zero-order chi connectivity index (χ0) is 13.0. The van der Waals surface area contributed by atoms with Gasteiger partial charge in [-0.2, -0.15) is 0 Å². The third kappa shape index (κ3) is 3.40. The minimum atomic E-state index is -0.00804. The van der Waals surface area contributed by atoms with Gasteiger partial charge in [-0.15, -0.1) is 11.3 Å². The van der Waals surface area contributed by atoms with Crippen molar-refractivity contribution < 1.29 is 4.79 Å². The summed E-state index contributed by atoms with van der Waals surface area (Å²) in [4.78, 5) is 17.2. The summed E-state index contributed by atoms with van der Waals surface area (Å²) in [5, 5.41) is 2.93. The Morgan fingerprint density at radius 1 is 1.28 bits per heavy atom. The van der Waals surface area contributed by atoms with Crippen LogP contribution in [0.2, 0.25) is 0 Å². The minimum Gasteiger partial charge on any atom is -0.352 e. The van der Waals surface area contributed by atoms with Crippen molar-refractivity contribution in [1.82, 2.24) is 10.3 Å². The predicted octanol–water partition coefficient (Wildman–Crippen LogP) is 2.73. The van der Waals surface area contributed by atoms with Crippen molar-refractivity contribution in [2.24, 2.45) is 0 Å². The molecule has 2 aromatic rings. The Morgan fingerprint density at radius 3 is 2.61 bits per heavy atom. The molecule has 0 aliphatic carbocycles. The van der Waals surface area contributed by atoms with Crippen molar-refractivity contribution in [3.05, 3.63) is 51.5 Å². The van der Waals surface area contributed by atoms with Gasteiger partial charge in [0.05, 0.1) is 5.51 Å². The second kappa shape index (κ2) is 5.78. The molecule has 1 aromatic carbocycles. The highest BCUT2D eigenvalue weighted by Crippen LogP contribution is 2.09. The van der Waals surface area contributed by atoms with Crippen LogP contribution < -0.4 is 5.32 Å². The fourth-order valence-electron chi connectivity index (χ4n) is 1.87. The Morgan fingerprint density at radius 2 is 2.00 bits per heavy atom. The Kier molecular flexibility index (Phi) is 4.10.